The third-order valence-corrected chi connectivity index (χ3v) is 4.88. The lowest BCUT2D eigenvalue weighted by atomic mass is 9.90. The highest BCUT2D eigenvalue weighted by Gasteiger charge is 2.55. The maximum Gasteiger partial charge on any atom is 0.233 e. The van der Waals surface area contributed by atoms with Crippen LogP contribution in [0.3, 0.4) is 0 Å². The fourth-order valence-corrected chi connectivity index (χ4v) is 3.61. The molecular formula is C16H20N2O2. The van der Waals surface area contributed by atoms with Crippen LogP contribution in [-0.2, 0) is 15.1 Å². The first-order chi connectivity index (χ1) is 9.59. The average Bonchev–Trinajstić information content (AvgIpc) is 3.04. The molecule has 1 aromatic rings. The van der Waals surface area contributed by atoms with Crippen LogP contribution in [0, 0.1) is 11.8 Å². The van der Waals surface area contributed by atoms with Gasteiger partial charge < -0.3 is 5.73 Å². The van der Waals surface area contributed by atoms with Gasteiger partial charge in [-0.05, 0) is 25.3 Å². The Hall–Kier alpha value is -1.68. The molecule has 1 saturated carbocycles. The molecule has 0 spiro atoms. The van der Waals surface area contributed by atoms with Crippen molar-refractivity contribution in [3.63, 3.8) is 0 Å². The number of benzene rings is 1. The van der Waals surface area contributed by atoms with Crippen molar-refractivity contribution >= 4 is 11.8 Å². The molecule has 1 aromatic carbocycles. The van der Waals surface area contributed by atoms with Gasteiger partial charge in [-0.25, -0.2) is 0 Å². The lowest BCUT2D eigenvalue weighted by Gasteiger charge is -2.37. The van der Waals surface area contributed by atoms with E-state index in [1.807, 2.05) is 37.3 Å². The quantitative estimate of drug-likeness (QED) is 0.851. The fourth-order valence-electron chi connectivity index (χ4n) is 3.61. The van der Waals surface area contributed by atoms with Gasteiger partial charge in [-0.15, -0.1) is 0 Å². The minimum absolute atomic E-state index is 0.0331. The van der Waals surface area contributed by atoms with Gasteiger partial charge in [-0.1, -0.05) is 36.8 Å². The molecule has 4 nitrogen and oxygen atoms in total. The Morgan fingerprint density at radius 1 is 1.15 bits per heavy atom. The van der Waals surface area contributed by atoms with Crippen LogP contribution in [-0.4, -0.2) is 23.3 Å². The molecule has 2 amide bonds. The summed E-state index contributed by atoms with van der Waals surface area (Å²) < 4.78 is 0. The van der Waals surface area contributed by atoms with Crippen molar-refractivity contribution in [3.05, 3.63) is 35.9 Å². The smallest absolute Gasteiger partial charge is 0.233 e. The molecule has 1 saturated heterocycles. The Bertz CT molecular complexity index is 521. The van der Waals surface area contributed by atoms with Crippen LogP contribution in [0.5, 0.6) is 0 Å². The minimum Gasteiger partial charge on any atom is -0.328 e. The van der Waals surface area contributed by atoms with Gasteiger partial charge in [-0.3, -0.25) is 14.5 Å². The van der Waals surface area contributed by atoms with Crippen molar-refractivity contribution in [1.82, 2.24) is 4.90 Å². The zero-order valence-electron chi connectivity index (χ0n) is 11.7. The maximum atomic E-state index is 12.6. The standard InChI is InChI=1S/C16H20N2O2/c1-16(10-17,11-6-3-2-4-7-11)18-14(19)12-8-5-9-13(12)15(18)20/h2-4,6-7,12-13H,5,8-10,17H2,1H3. The van der Waals surface area contributed by atoms with Crippen LogP contribution < -0.4 is 5.73 Å². The molecule has 1 aliphatic heterocycles. The van der Waals surface area contributed by atoms with E-state index < -0.39 is 5.54 Å². The number of amides is 2. The Kier molecular flexibility index (Phi) is 3.13. The lowest BCUT2D eigenvalue weighted by Crippen LogP contribution is -2.52. The Morgan fingerprint density at radius 2 is 1.70 bits per heavy atom. The molecule has 3 rings (SSSR count). The first kappa shape index (κ1) is 13.3. The van der Waals surface area contributed by atoms with Crippen LogP contribution in [0.25, 0.3) is 0 Å². The number of fused-ring (bicyclic) bond motifs is 1. The zero-order valence-corrected chi connectivity index (χ0v) is 11.7. The molecule has 2 N–H and O–H groups in total. The molecule has 1 heterocycles. The second-order valence-corrected chi connectivity index (χ2v) is 6.00. The zero-order chi connectivity index (χ0) is 14.3. The number of imide groups is 1. The molecule has 0 aromatic heterocycles. The number of carbonyl (C=O) groups excluding carboxylic acids is 2. The number of hydrogen-bond donors (Lipinski definition) is 1. The molecular weight excluding hydrogens is 252 g/mol. The van der Waals surface area contributed by atoms with Gasteiger partial charge in [0, 0.05) is 6.54 Å². The van der Waals surface area contributed by atoms with Crippen LogP contribution in [0.4, 0.5) is 0 Å². The molecule has 3 atom stereocenters. The van der Waals surface area contributed by atoms with Crippen molar-refractivity contribution in [3.8, 4) is 0 Å². The van der Waals surface area contributed by atoms with E-state index in [9.17, 15) is 9.59 Å². The van der Waals surface area contributed by atoms with Gasteiger partial charge >= 0.3 is 0 Å². The van der Waals surface area contributed by atoms with Gasteiger partial charge in [0.15, 0.2) is 0 Å². The van der Waals surface area contributed by atoms with E-state index in [-0.39, 0.29) is 30.2 Å². The number of nitrogens with two attached hydrogens (primary N) is 1. The SMILES string of the molecule is CC(CN)(c1ccccc1)N1C(=O)C2CCCC2C1=O. The van der Waals surface area contributed by atoms with Crippen LogP contribution in [0.15, 0.2) is 30.3 Å². The Labute approximate surface area is 118 Å². The van der Waals surface area contributed by atoms with Crippen molar-refractivity contribution in [2.45, 2.75) is 31.7 Å². The molecule has 4 heteroatoms. The summed E-state index contributed by atoms with van der Waals surface area (Å²) in [5.74, 6) is -0.294. The van der Waals surface area contributed by atoms with Gasteiger partial charge in [0.25, 0.3) is 0 Å². The number of nitrogens with zero attached hydrogens (tertiary/aromatic N) is 1. The van der Waals surface area contributed by atoms with Gasteiger partial charge in [-0.2, -0.15) is 0 Å². The summed E-state index contributed by atoms with van der Waals surface area (Å²) in [5, 5.41) is 0. The van der Waals surface area contributed by atoms with Crippen molar-refractivity contribution < 1.29 is 9.59 Å². The van der Waals surface area contributed by atoms with Crippen LogP contribution in [0.2, 0.25) is 0 Å². The second kappa shape index (κ2) is 4.70. The first-order valence-electron chi connectivity index (χ1n) is 7.23. The fraction of sp³-hybridized carbons (Fsp3) is 0.500. The van der Waals surface area contributed by atoms with Crippen molar-refractivity contribution in [2.24, 2.45) is 17.6 Å². The minimum atomic E-state index is -0.736. The topological polar surface area (TPSA) is 63.4 Å². The summed E-state index contributed by atoms with van der Waals surface area (Å²) in [5.41, 5.74) is 6.13. The van der Waals surface area contributed by atoms with Crippen molar-refractivity contribution in [2.75, 3.05) is 6.54 Å². The van der Waals surface area contributed by atoms with E-state index in [1.54, 1.807) is 0 Å². The van der Waals surface area contributed by atoms with Gasteiger partial charge in [0.2, 0.25) is 11.8 Å². The molecule has 0 bridgehead atoms. The monoisotopic (exact) mass is 272 g/mol. The Balaban J connectivity index is 2.02. The average molecular weight is 272 g/mol. The van der Waals surface area contributed by atoms with Crippen molar-refractivity contribution in [1.29, 1.82) is 0 Å². The molecule has 0 radical (unpaired) electrons. The molecule has 1 aliphatic carbocycles. The van der Waals surface area contributed by atoms with E-state index in [0.29, 0.717) is 0 Å². The van der Waals surface area contributed by atoms with Gasteiger partial charge in [0.1, 0.15) is 0 Å². The summed E-state index contributed by atoms with van der Waals surface area (Å²) in [7, 11) is 0. The largest absolute Gasteiger partial charge is 0.328 e. The summed E-state index contributed by atoms with van der Waals surface area (Å²) in [4.78, 5) is 26.7. The van der Waals surface area contributed by atoms with E-state index in [4.69, 9.17) is 5.73 Å². The van der Waals surface area contributed by atoms with E-state index >= 15 is 0 Å². The highest BCUT2D eigenvalue weighted by molar-refractivity contribution is 6.06. The lowest BCUT2D eigenvalue weighted by molar-refractivity contribution is -0.147. The van der Waals surface area contributed by atoms with E-state index in [0.717, 1.165) is 24.8 Å². The number of carbonyl (C=O) groups is 2. The summed E-state index contributed by atoms with van der Waals surface area (Å²) in [6.07, 6.45) is 2.65. The first-order valence-corrected chi connectivity index (χ1v) is 7.23. The van der Waals surface area contributed by atoms with Crippen LogP contribution in [0.1, 0.15) is 31.7 Å². The molecule has 106 valence electrons. The predicted molar refractivity (Wildman–Crippen MR) is 75.5 cm³/mol. The normalized spacial score (nSPS) is 28.6. The van der Waals surface area contributed by atoms with E-state index in [2.05, 4.69) is 0 Å². The number of hydrogen-bond acceptors (Lipinski definition) is 3. The number of likely N-dealkylation sites (tertiary alicyclic amines) is 1. The maximum absolute atomic E-state index is 12.6. The second-order valence-electron chi connectivity index (χ2n) is 6.00. The molecule has 2 fully saturated rings. The van der Waals surface area contributed by atoms with E-state index in [1.165, 1.54) is 4.90 Å². The predicted octanol–water partition coefficient (Wildman–Crippen LogP) is 1.65. The Morgan fingerprint density at radius 3 is 2.20 bits per heavy atom. The number of rotatable bonds is 3. The third-order valence-electron chi connectivity index (χ3n) is 4.88. The third kappa shape index (κ3) is 1.71. The summed E-state index contributed by atoms with van der Waals surface area (Å²) >= 11 is 0. The highest BCUT2D eigenvalue weighted by atomic mass is 16.2. The van der Waals surface area contributed by atoms with Gasteiger partial charge in [0.05, 0.1) is 17.4 Å². The highest BCUT2D eigenvalue weighted by Crippen LogP contribution is 2.44. The molecule has 2 aliphatic rings. The molecule has 3 unspecified atom stereocenters. The summed E-state index contributed by atoms with van der Waals surface area (Å²) in [6.45, 7) is 2.13. The summed E-state index contributed by atoms with van der Waals surface area (Å²) in [6, 6.07) is 9.61. The van der Waals surface area contributed by atoms with Crippen LogP contribution >= 0.6 is 0 Å². The molecule has 20 heavy (non-hydrogen) atoms.